The van der Waals surface area contributed by atoms with Gasteiger partial charge in [-0.3, -0.25) is 0 Å². The van der Waals surface area contributed by atoms with Crippen molar-refractivity contribution >= 4 is 17.0 Å². The summed E-state index contributed by atoms with van der Waals surface area (Å²) in [7, 11) is 0. The summed E-state index contributed by atoms with van der Waals surface area (Å²) in [4.78, 5) is 0. The highest BCUT2D eigenvalue weighted by Gasteiger charge is 2.11. The van der Waals surface area contributed by atoms with Gasteiger partial charge in [0.1, 0.15) is 6.07 Å². The molecule has 0 bridgehead atoms. The summed E-state index contributed by atoms with van der Waals surface area (Å²) >= 11 is 0. The average Bonchev–Trinajstić information content (AvgIpc) is 2.64. The first-order valence-electron chi connectivity index (χ1n) is 7.46. The van der Waals surface area contributed by atoms with Crippen molar-refractivity contribution in [1.82, 2.24) is 0 Å². The lowest BCUT2D eigenvalue weighted by Crippen LogP contribution is -2.02. The molecule has 3 aromatic rings. The Balaban J connectivity index is 2.15. The Morgan fingerprint density at radius 3 is 1.65 bits per heavy atom. The number of nitrogens with zero attached hydrogens (tertiary/aromatic N) is 1. The molecule has 0 heterocycles. The molecule has 0 saturated heterocycles. The number of nitrogens with one attached hydrogen (secondary N) is 1. The van der Waals surface area contributed by atoms with Crippen molar-refractivity contribution in [2.75, 3.05) is 5.32 Å². The SMILES string of the molecule is N#C/C(=C(\Nc1ccccc1)c1ccccc1)c1ccccc1. The Hall–Kier alpha value is -3.31. The van der Waals surface area contributed by atoms with E-state index >= 15 is 0 Å². The fourth-order valence-corrected chi connectivity index (χ4v) is 2.42. The molecule has 0 radical (unpaired) electrons. The second-order valence-corrected chi connectivity index (χ2v) is 5.08. The Morgan fingerprint density at radius 2 is 1.13 bits per heavy atom. The third-order valence-corrected chi connectivity index (χ3v) is 3.53. The largest absolute Gasteiger partial charge is 0.354 e. The quantitative estimate of drug-likeness (QED) is 0.531. The van der Waals surface area contributed by atoms with E-state index in [1.165, 1.54) is 0 Å². The lowest BCUT2D eigenvalue weighted by Gasteiger charge is -2.14. The highest BCUT2D eigenvalue weighted by molar-refractivity contribution is 6.01. The lowest BCUT2D eigenvalue weighted by molar-refractivity contribution is 1.49. The van der Waals surface area contributed by atoms with Crippen LogP contribution in [-0.4, -0.2) is 0 Å². The number of hydrogen-bond acceptors (Lipinski definition) is 2. The van der Waals surface area contributed by atoms with Crippen LogP contribution in [0.2, 0.25) is 0 Å². The molecule has 0 aliphatic carbocycles. The molecule has 3 aromatic carbocycles. The van der Waals surface area contributed by atoms with E-state index in [1.807, 2.05) is 91.0 Å². The van der Waals surface area contributed by atoms with Crippen LogP contribution in [0.5, 0.6) is 0 Å². The minimum Gasteiger partial charge on any atom is -0.354 e. The van der Waals surface area contributed by atoms with Gasteiger partial charge in [-0.05, 0) is 23.3 Å². The van der Waals surface area contributed by atoms with Crippen LogP contribution in [0.3, 0.4) is 0 Å². The van der Waals surface area contributed by atoms with E-state index in [9.17, 15) is 5.26 Å². The Bertz CT molecular complexity index is 829. The van der Waals surface area contributed by atoms with Crippen molar-refractivity contribution in [2.24, 2.45) is 0 Å². The summed E-state index contributed by atoms with van der Waals surface area (Å²) in [5.41, 5.74) is 4.27. The van der Waals surface area contributed by atoms with Gasteiger partial charge in [0.2, 0.25) is 0 Å². The Labute approximate surface area is 136 Å². The van der Waals surface area contributed by atoms with E-state index in [0.717, 1.165) is 22.5 Å². The van der Waals surface area contributed by atoms with E-state index in [1.54, 1.807) is 0 Å². The van der Waals surface area contributed by atoms with Crippen molar-refractivity contribution in [1.29, 1.82) is 5.26 Å². The third kappa shape index (κ3) is 3.48. The molecule has 0 fully saturated rings. The molecule has 0 atom stereocenters. The van der Waals surface area contributed by atoms with Crippen molar-refractivity contribution in [3.63, 3.8) is 0 Å². The second-order valence-electron chi connectivity index (χ2n) is 5.08. The van der Waals surface area contributed by atoms with E-state index in [4.69, 9.17) is 0 Å². The molecule has 0 amide bonds. The number of anilines is 1. The number of rotatable bonds is 4. The summed E-state index contributed by atoms with van der Waals surface area (Å²) < 4.78 is 0. The van der Waals surface area contributed by atoms with Crippen molar-refractivity contribution in [2.45, 2.75) is 0 Å². The van der Waals surface area contributed by atoms with Gasteiger partial charge in [-0.15, -0.1) is 0 Å². The summed E-state index contributed by atoms with van der Waals surface area (Å²) in [5, 5.41) is 13.1. The van der Waals surface area contributed by atoms with Crippen molar-refractivity contribution in [3.05, 3.63) is 102 Å². The molecule has 0 unspecified atom stereocenters. The van der Waals surface area contributed by atoms with Gasteiger partial charge < -0.3 is 5.32 Å². The van der Waals surface area contributed by atoms with Crippen LogP contribution in [0, 0.1) is 11.3 Å². The van der Waals surface area contributed by atoms with Crippen LogP contribution >= 0.6 is 0 Å². The standard InChI is InChI=1S/C21H16N2/c22-16-20(17-10-4-1-5-11-17)21(18-12-6-2-7-13-18)23-19-14-8-3-9-15-19/h1-15,23H/b21-20+. The maximum absolute atomic E-state index is 9.74. The van der Waals surface area contributed by atoms with Gasteiger partial charge in [0.15, 0.2) is 0 Å². The monoisotopic (exact) mass is 296 g/mol. The summed E-state index contributed by atoms with van der Waals surface area (Å²) in [6.07, 6.45) is 0. The summed E-state index contributed by atoms with van der Waals surface area (Å²) in [6.45, 7) is 0. The van der Waals surface area contributed by atoms with Crippen LogP contribution in [0.4, 0.5) is 5.69 Å². The zero-order valence-electron chi connectivity index (χ0n) is 12.6. The molecule has 1 N–H and O–H groups in total. The predicted octanol–water partition coefficient (Wildman–Crippen LogP) is 5.19. The number of benzene rings is 3. The van der Waals surface area contributed by atoms with Gasteiger partial charge in [-0.1, -0.05) is 78.9 Å². The highest BCUT2D eigenvalue weighted by Crippen LogP contribution is 2.27. The molecule has 0 spiro atoms. The van der Waals surface area contributed by atoms with Crippen LogP contribution < -0.4 is 5.32 Å². The normalized spacial score (nSPS) is 11.3. The Kier molecular flexibility index (Phi) is 4.52. The minimum absolute atomic E-state index is 0.626. The first kappa shape index (κ1) is 14.6. The minimum atomic E-state index is 0.626. The first-order chi connectivity index (χ1) is 11.4. The predicted molar refractivity (Wildman–Crippen MR) is 95.4 cm³/mol. The van der Waals surface area contributed by atoms with E-state index in [-0.39, 0.29) is 0 Å². The number of para-hydroxylation sites is 1. The van der Waals surface area contributed by atoms with Gasteiger partial charge in [-0.2, -0.15) is 5.26 Å². The third-order valence-electron chi connectivity index (χ3n) is 3.53. The highest BCUT2D eigenvalue weighted by atomic mass is 14.9. The molecule has 0 saturated carbocycles. The fourth-order valence-electron chi connectivity index (χ4n) is 2.42. The van der Waals surface area contributed by atoms with Gasteiger partial charge in [0.05, 0.1) is 11.3 Å². The topological polar surface area (TPSA) is 35.8 Å². The van der Waals surface area contributed by atoms with E-state index < -0.39 is 0 Å². The number of nitriles is 1. The van der Waals surface area contributed by atoms with Crippen molar-refractivity contribution in [3.8, 4) is 6.07 Å². The molecular formula is C21H16N2. The first-order valence-corrected chi connectivity index (χ1v) is 7.46. The van der Waals surface area contributed by atoms with Gasteiger partial charge in [-0.25, -0.2) is 0 Å². The zero-order valence-corrected chi connectivity index (χ0v) is 12.6. The van der Waals surface area contributed by atoms with Crippen LogP contribution in [0.1, 0.15) is 11.1 Å². The number of allylic oxidation sites excluding steroid dienone is 1. The van der Waals surface area contributed by atoms with Gasteiger partial charge in [0, 0.05) is 5.69 Å². The second kappa shape index (κ2) is 7.11. The molecule has 110 valence electrons. The van der Waals surface area contributed by atoms with Crippen molar-refractivity contribution < 1.29 is 0 Å². The molecule has 0 aromatic heterocycles. The maximum Gasteiger partial charge on any atom is 0.102 e. The molecule has 23 heavy (non-hydrogen) atoms. The van der Waals surface area contributed by atoms with E-state index in [0.29, 0.717) is 5.57 Å². The molecule has 0 aliphatic rings. The lowest BCUT2D eigenvalue weighted by atomic mass is 10.00. The molecule has 0 aliphatic heterocycles. The average molecular weight is 296 g/mol. The van der Waals surface area contributed by atoms with Crippen LogP contribution in [-0.2, 0) is 0 Å². The molecule has 2 heteroatoms. The van der Waals surface area contributed by atoms with E-state index in [2.05, 4.69) is 11.4 Å². The summed E-state index contributed by atoms with van der Waals surface area (Å²) in [5.74, 6) is 0. The van der Waals surface area contributed by atoms with Crippen LogP contribution in [0.15, 0.2) is 91.0 Å². The fraction of sp³-hybridized carbons (Fsp3) is 0. The molecular weight excluding hydrogens is 280 g/mol. The summed E-state index contributed by atoms with van der Waals surface area (Å²) in [6, 6.07) is 31.9. The zero-order chi connectivity index (χ0) is 15.9. The van der Waals surface area contributed by atoms with Gasteiger partial charge in [0.25, 0.3) is 0 Å². The van der Waals surface area contributed by atoms with Gasteiger partial charge >= 0.3 is 0 Å². The smallest absolute Gasteiger partial charge is 0.102 e. The maximum atomic E-state index is 9.74. The number of hydrogen-bond donors (Lipinski definition) is 1. The van der Waals surface area contributed by atoms with Crippen LogP contribution in [0.25, 0.3) is 11.3 Å². The Morgan fingerprint density at radius 1 is 0.652 bits per heavy atom. The molecule has 3 rings (SSSR count). The molecule has 2 nitrogen and oxygen atoms in total.